The van der Waals surface area contributed by atoms with Crippen molar-refractivity contribution in [1.29, 1.82) is 0 Å². The van der Waals surface area contributed by atoms with Gasteiger partial charge in [0, 0.05) is 17.9 Å². The lowest BCUT2D eigenvalue weighted by Crippen LogP contribution is -2.57. The minimum atomic E-state index is -0.884. The summed E-state index contributed by atoms with van der Waals surface area (Å²) >= 11 is 0. The first-order valence-electron chi connectivity index (χ1n) is 9.80. The second-order valence-corrected chi connectivity index (χ2v) is 8.94. The van der Waals surface area contributed by atoms with Gasteiger partial charge in [-0.2, -0.15) is 0 Å². The Kier molecular flexibility index (Phi) is 5.74. The lowest BCUT2D eigenvalue weighted by molar-refractivity contribution is -0.144. The van der Waals surface area contributed by atoms with Gasteiger partial charge in [-0.3, -0.25) is 14.4 Å². The molecule has 27 heavy (non-hydrogen) atoms. The van der Waals surface area contributed by atoms with Crippen LogP contribution in [0.4, 0.5) is 4.39 Å². The monoisotopic (exact) mass is 383 g/mol. The van der Waals surface area contributed by atoms with Crippen molar-refractivity contribution in [2.24, 2.45) is 11.3 Å². The first-order chi connectivity index (χ1) is 12.7. The Bertz CT molecular complexity index is 600. The summed E-state index contributed by atoms with van der Waals surface area (Å²) in [5, 5.41) is 5.83. The zero-order chi connectivity index (χ0) is 19.8. The quantitative estimate of drug-likeness (QED) is 0.751. The molecule has 3 fully saturated rings. The largest absolute Gasteiger partial charge is 0.377 e. The fraction of sp³-hybridized carbons (Fsp3) is 0.842. The van der Waals surface area contributed by atoms with Crippen LogP contribution in [0.1, 0.15) is 46.5 Å². The standard InChI is InChI=1S/C19H30FN3O4/c1-19(2,3)18(26)23-6-4-5-15(23)17(25)22-14-10-27-9-13(14)21-16(24)11-7-12(20)8-11/h11-15H,4-10H2,1-3H3,(H,21,24)(H,22,25)/t11?,12?,13-,14+,15?/m0/s1. The molecule has 1 aliphatic carbocycles. The number of carbonyl (C=O) groups is 3. The van der Waals surface area contributed by atoms with Gasteiger partial charge in [0.15, 0.2) is 0 Å². The number of carbonyl (C=O) groups excluding carboxylic acids is 3. The summed E-state index contributed by atoms with van der Waals surface area (Å²) in [6, 6.07) is -1.14. The molecule has 0 spiro atoms. The Morgan fingerprint density at radius 2 is 1.63 bits per heavy atom. The van der Waals surface area contributed by atoms with E-state index in [2.05, 4.69) is 10.6 Å². The Morgan fingerprint density at radius 3 is 2.19 bits per heavy atom. The molecule has 3 rings (SSSR count). The lowest BCUT2D eigenvalue weighted by Gasteiger charge is -2.32. The minimum absolute atomic E-state index is 0.0292. The summed E-state index contributed by atoms with van der Waals surface area (Å²) < 4.78 is 18.4. The molecule has 1 saturated carbocycles. The number of hydrogen-bond acceptors (Lipinski definition) is 4. The van der Waals surface area contributed by atoms with Gasteiger partial charge in [-0.25, -0.2) is 4.39 Å². The van der Waals surface area contributed by atoms with E-state index in [0.29, 0.717) is 26.2 Å². The maximum Gasteiger partial charge on any atom is 0.243 e. The molecule has 2 N–H and O–H groups in total. The molecule has 1 unspecified atom stereocenters. The molecule has 0 aromatic rings. The highest BCUT2D eigenvalue weighted by atomic mass is 19.1. The predicted octanol–water partition coefficient (Wildman–Crippen LogP) is 0.771. The van der Waals surface area contributed by atoms with Crippen molar-refractivity contribution >= 4 is 17.7 Å². The Balaban J connectivity index is 1.56. The molecule has 8 heteroatoms. The second kappa shape index (κ2) is 7.73. The number of halogens is 1. The summed E-state index contributed by atoms with van der Waals surface area (Å²) in [5.41, 5.74) is -0.535. The van der Waals surface area contributed by atoms with E-state index in [9.17, 15) is 18.8 Å². The number of ether oxygens (including phenoxy) is 1. The molecule has 2 heterocycles. The highest BCUT2D eigenvalue weighted by Gasteiger charge is 2.41. The molecule has 2 saturated heterocycles. The third-order valence-electron chi connectivity index (χ3n) is 5.65. The van der Waals surface area contributed by atoms with E-state index in [1.165, 1.54) is 0 Å². The van der Waals surface area contributed by atoms with E-state index in [-0.39, 0.29) is 48.6 Å². The highest BCUT2D eigenvalue weighted by Crippen LogP contribution is 2.30. The molecule has 0 bridgehead atoms. The smallest absolute Gasteiger partial charge is 0.243 e. The molecule has 3 amide bonds. The van der Waals surface area contributed by atoms with Gasteiger partial charge in [-0.1, -0.05) is 20.8 Å². The van der Waals surface area contributed by atoms with E-state index in [1.54, 1.807) is 4.90 Å². The van der Waals surface area contributed by atoms with Gasteiger partial charge in [-0.15, -0.1) is 0 Å². The van der Waals surface area contributed by atoms with Crippen LogP contribution in [-0.4, -0.2) is 66.7 Å². The zero-order valence-electron chi connectivity index (χ0n) is 16.3. The summed E-state index contributed by atoms with van der Waals surface area (Å²) in [7, 11) is 0. The van der Waals surface area contributed by atoms with Crippen molar-refractivity contribution in [1.82, 2.24) is 15.5 Å². The lowest BCUT2D eigenvalue weighted by atomic mass is 9.82. The normalized spacial score (nSPS) is 33.5. The number of nitrogens with zero attached hydrogens (tertiary/aromatic N) is 1. The zero-order valence-corrected chi connectivity index (χ0v) is 16.3. The number of nitrogens with one attached hydrogen (secondary N) is 2. The SMILES string of the molecule is CC(C)(C)C(=O)N1CCCC1C(=O)N[C@@H]1COC[C@@H]1NC(=O)C1CC(F)C1. The van der Waals surface area contributed by atoms with E-state index < -0.39 is 17.6 Å². The first-order valence-corrected chi connectivity index (χ1v) is 9.80. The van der Waals surface area contributed by atoms with Gasteiger partial charge < -0.3 is 20.3 Å². The molecule has 2 aliphatic heterocycles. The molecule has 0 radical (unpaired) electrons. The number of alkyl halides is 1. The molecular weight excluding hydrogens is 353 g/mol. The maximum atomic E-state index is 13.0. The van der Waals surface area contributed by atoms with Crippen molar-refractivity contribution < 1.29 is 23.5 Å². The third kappa shape index (κ3) is 4.42. The Hall–Kier alpha value is -1.70. The van der Waals surface area contributed by atoms with E-state index in [4.69, 9.17) is 4.74 Å². The maximum absolute atomic E-state index is 13.0. The van der Waals surface area contributed by atoms with Gasteiger partial charge in [-0.05, 0) is 25.7 Å². The van der Waals surface area contributed by atoms with Gasteiger partial charge >= 0.3 is 0 Å². The number of amides is 3. The molecule has 152 valence electrons. The third-order valence-corrected chi connectivity index (χ3v) is 5.65. The first kappa shape index (κ1) is 20.0. The van der Waals surface area contributed by atoms with Gasteiger partial charge in [0.25, 0.3) is 0 Å². The molecule has 3 aliphatic rings. The van der Waals surface area contributed by atoms with Crippen LogP contribution in [0.5, 0.6) is 0 Å². The highest BCUT2D eigenvalue weighted by molar-refractivity contribution is 5.90. The van der Waals surface area contributed by atoms with Crippen molar-refractivity contribution in [3.05, 3.63) is 0 Å². The van der Waals surface area contributed by atoms with Crippen LogP contribution in [0, 0.1) is 11.3 Å². The number of hydrogen-bond donors (Lipinski definition) is 2. The number of rotatable bonds is 4. The van der Waals surface area contributed by atoms with E-state index in [1.807, 2.05) is 20.8 Å². The van der Waals surface area contributed by atoms with Crippen molar-refractivity contribution in [3.8, 4) is 0 Å². The molecule has 0 aromatic carbocycles. The fourth-order valence-electron chi connectivity index (χ4n) is 3.89. The predicted molar refractivity (Wildman–Crippen MR) is 96.5 cm³/mol. The van der Waals surface area contributed by atoms with Gasteiger partial charge in [0.05, 0.1) is 25.3 Å². The van der Waals surface area contributed by atoms with Crippen LogP contribution >= 0.6 is 0 Å². The van der Waals surface area contributed by atoms with Crippen molar-refractivity contribution in [2.75, 3.05) is 19.8 Å². The minimum Gasteiger partial charge on any atom is -0.377 e. The Morgan fingerprint density at radius 1 is 1.04 bits per heavy atom. The topological polar surface area (TPSA) is 87.7 Å². The fourth-order valence-corrected chi connectivity index (χ4v) is 3.89. The summed E-state index contributed by atoms with van der Waals surface area (Å²) in [5.74, 6) is -0.693. The van der Waals surface area contributed by atoms with E-state index >= 15 is 0 Å². The summed E-state index contributed by atoms with van der Waals surface area (Å²) in [6.45, 7) is 6.76. The second-order valence-electron chi connectivity index (χ2n) is 8.94. The van der Waals surface area contributed by atoms with Crippen molar-refractivity contribution in [2.45, 2.75) is 70.8 Å². The van der Waals surface area contributed by atoms with Crippen LogP contribution in [-0.2, 0) is 19.1 Å². The van der Waals surface area contributed by atoms with Crippen LogP contribution < -0.4 is 10.6 Å². The van der Waals surface area contributed by atoms with Crippen LogP contribution in [0.2, 0.25) is 0 Å². The van der Waals surface area contributed by atoms with Gasteiger partial charge in [0.2, 0.25) is 17.7 Å². The summed E-state index contributed by atoms with van der Waals surface area (Å²) in [6.07, 6.45) is 1.08. The summed E-state index contributed by atoms with van der Waals surface area (Å²) in [4.78, 5) is 39.2. The van der Waals surface area contributed by atoms with Crippen LogP contribution in [0.15, 0.2) is 0 Å². The number of likely N-dealkylation sites (tertiary alicyclic amines) is 1. The molecule has 0 aromatic heterocycles. The average Bonchev–Trinajstić information content (AvgIpc) is 3.19. The van der Waals surface area contributed by atoms with E-state index in [0.717, 1.165) is 6.42 Å². The Labute approximate surface area is 159 Å². The van der Waals surface area contributed by atoms with Crippen LogP contribution in [0.25, 0.3) is 0 Å². The average molecular weight is 383 g/mol. The molecule has 7 nitrogen and oxygen atoms in total. The van der Waals surface area contributed by atoms with Crippen molar-refractivity contribution in [3.63, 3.8) is 0 Å². The van der Waals surface area contributed by atoms with Crippen LogP contribution in [0.3, 0.4) is 0 Å². The molecular formula is C19H30FN3O4. The van der Waals surface area contributed by atoms with Gasteiger partial charge in [0.1, 0.15) is 12.2 Å². The molecule has 3 atom stereocenters.